The predicted octanol–water partition coefficient (Wildman–Crippen LogP) is 1.99. The molecule has 0 spiro atoms. The molecule has 3 heteroatoms. The van der Waals surface area contributed by atoms with E-state index in [0.717, 1.165) is 12.2 Å². The van der Waals surface area contributed by atoms with Crippen molar-refractivity contribution in [1.29, 1.82) is 0 Å². The second kappa shape index (κ2) is 6.21. The fourth-order valence-electron chi connectivity index (χ4n) is 2.16. The van der Waals surface area contributed by atoms with Gasteiger partial charge in [-0.2, -0.15) is 0 Å². The molecule has 1 aromatic rings. The van der Waals surface area contributed by atoms with Crippen LogP contribution in [0.2, 0.25) is 0 Å². The van der Waals surface area contributed by atoms with Gasteiger partial charge in [-0.25, -0.2) is 0 Å². The molecule has 0 amide bonds. The number of rotatable bonds is 7. The number of hydrogen-bond donors (Lipinski definition) is 2. The van der Waals surface area contributed by atoms with Crippen LogP contribution in [0.25, 0.3) is 0 Å². The van der Waals surface area contributed by atoms with Crippen molar-refractivity contribution in [2.75, 3.05) is 13.7 Å². The van der Waals surface area contributed by atoms with Gasteiger partial charge >= 0.3 is 0 Å². The van der Waals surface area contributed by atoms with Gasteiger partial charge in [0.2, 0.25) is 0 Å². The van der Waals surface area contributed by atoms with E-state index in [2.05, 4.69) is 24.4 Å². The Morgan fingerprint density at radius 1 is 1.33 bits per heavy atom. The Morgan fingerprint density at radius 2 is 2.00 bits per heavy atom. The van der Waals surface area contributed by atoms with Crippen LogP contribution < -0.4 is 10.1 Å². The molecule has 0 bridgehead atoms. The van der Waals surface area contributed by atoms with Crippen molar-refractivity contribution >= 4 is 0 Å². The summed E-state index contributed by atoms with van der Waals surface area (Å²) in [7, 11) is 1.68. The predicted molar refractivity (Wildman–Crippen MR) is 72.9 cm³/mol. The molecule has 2 rings (SSSR count). The van der Waals surface area contributed by atoms with E-state index in [-0.39, 0.29) is 6.10 Å². The highest BCUT2D eigenvalue weighted by Gasteiger charge is 2.29. The molecule has 0 aromatic heterocycles. The number of aliphatic hydroxyl groups excluding tert-OH is 1. The Labute approximate surface area is 109 Å². The molecule has 3 nitrogen and oxygen atoms in total. The molecule has 2 atom stereocenters. The zero-order chi connectivity index (χ0) is 13.0. The minimum atomic E-state index is -0.164. The second-order valence-electron chi connectivity index (χ2n) is 5.27. The molecular formula is C15H23NO2. The number of nitrogens with one attached hydrogen (secondary N) is 1. The summed E-state index contributed by atoms with van der Waals surface area (Å²) in [5.41, 5.74) is 1.29. The lowest BCUT2D eigenvalue weighted by Crippen LogP contribution is -2.35. The highest BCUT2D eigenvalue weighted by atomic mass is 16.5. The van der Waals surface area contributed by atoms with E-state index in [1.165, 1.54) is 18.4 Å². The van der Waals surface area contributed by atoms with Gasteiger partial charge in [0.1, 0.15) is 5.75 Å². The van der Waals surface area contributed by atoms with Crippen LogP contribution in [0, 0.1) is 5.92 Å². The van der Waals surface area contributed by atoms with E-state index in [4.69, 9.17) is 4.74 Å². The van der Waals surface area contributed by atoms with Gasteiger partial charge in [0.25, 0.3) is 0 Å². The molecule has 0 radical (unpaired) electrons. The van der Waals surface area contributed by atoms with E-state index in [1.54, 1.807) is 7.11 Å². The monoisotopic (exact) mass is 249 g/mol. The van der Waals surface area contributed by atoms with Gasteiger partial charge in [0, 0.05) is 12.6 Å². The Balaban J connectivity index is 1.73. The van der Waals surface area contributed by atoms with Crippen LogP contribution in [-0.2, 0) is 6.42 Å². The standard InChI is InChI=1S/C15H23NO2/c1-11(16-10-15(17)13-5-6-13)9-12-3-7-14(18-2)8-4-12/h3-4,7-8,11,13,15-17H,5-6,9-10H2,1-2H3. The van der Waals surface area contributed by atoms with Crippen LogP contribution >= 0.6 is 0 Å². The topological polar surface area (TPSA) is 41.5 Å². The van der Waals surface area contributed by atoms with E-state index < -0.39 is 0 Å². The third-order valence-electron chi connectivity index (χ3n) is 3.54. The van der Waals surface area contributed by atoms with Gasteiger partial charge in [-0.3, -0.25) is 0 Å². The van der Waals surface area contributed by atoms with Crippen molar-refractivity contribution in [2.45, 2.75) is 38.3 Å². The minimum Gasteiger partial charge on any atom is -0.497 e. The number of benzene rings is 1. The van der Waals surface area contributed by atoms with Crippen LogP contribution in [0.3, 0.4) is 0 Å². The maximum Gasteiger partial charge on any atom is 0.118 e. The quantitative estimate of drug-likeness (QED) is 0.776. The summed E-state index contributed by atoms with van der Waals surface area (Å²) in [5, 5.41) is 13.2. The maximum atomic E-state index is 9.79. The molecule has 1 aromatic carbocycles. The minimum absolute atomic E-state index is 0.164. The second-order valence-corrected chi connectivity index (χ2v) is 5.27. The summed E-state index contributed by atoms with van der Waals surface area (Å²) in [6, 6.07) is 8.54. The molecule has 1 saturated carbocycles. The Kier molecular flexibility index (Phi) is 4.61. The molecule has 100 valence electrons. The molecule has 0 heterocycles. The first-order chi connectivity index (χ1) is 8.69. The zero-order valence-electron chi connectivity index (χ0n) is 11.2. The van der Waals surface area contributed by atoms with E-state index in [9.17, 15) is 5.11 Å². The zero-order valence-corrected chi connectivity index (χ0v) is 11.2. The van der Waals surface area contributed by atoms with E-state index >= 15 is 0 Å². The van der Waals surface area contributed by atoms with Gasteiger partial charge in [0.05, 0.1) is 13.2 Å². The largest absolute Gasteiger partial charge is 0.497 e. The third-order valence-corrected chi connectivity index (χ3v) is 3.54. The third kappa shape index (κ3) is 4.00. The number of ether oxygens (including phenoxy) is 1. The van der Waals surface area contributed by atoms with Crippen LogP contribution in [0.1, 0.15) is 25.3 Å². The summed E-state index contributed by atoms with van der Waals surface area (Å²) < 4.78 is 5.14. The fourth-order valence-corrected chi connectivity index (χ4v) is 2.16. The van der Waals surface area contributed by atoms with E-state index in [0.29, 0.717) is 18.5 Å². The Morgan fingerprint density at radius 3 is 2.56 bits per heavy atom. The smallest absolute Gasteiger partial charge is 0.118 e. The number of hydrogen-bond acceptors (Lipinski definition) is 3. The Hall–Kier alpha value is -1.06. The summed E-state index contributed by atoms with van der Waals surface area (Å²) in [4.78, 5) is 0. The Bertz CT molecular complexity index is 359. The summed E-state index contributed by atoms with van der Waals surface area (Å²) in [6.45, 7) is 2.87. The van der Waals surface area contributed by atoms with Crippen molar-refractivity contribution in [3.63, 3.8) is 0 Å². The molecule has 0 saturated heterocycles. The van der Waals surface area contributed by atoms with Gasteiger partial charge < -0.3 is 15.2 Å². The van der Waals surface area contributed by atoms with Crippen molar-refractivity contribution in [3.8, 4) is 5.75 Å². The van der Waals surface area contributed by atoms with Crippen LogP contribution in [0.4, 0.5) is 0 Å². The highest BCUT2D eigenvalue weighted by Crippen LogP contribution is 2.32. The van der Waals surface area contributed by atoms with Gasteiger partial charge in [0.15, 0.2) is 0 Å². The number of methoxy groups -OCH3 is 1. The molecule has 1 fully saturated rings. The van der Waals surface area contributed by atoms with Crippen molar-refractivity contribution in [1.82, 2.24) is 5.32 Å². The average Bonchev–Trinajstić information content (AvgIpc) is 3.21. The summed E-state index contributed by atoms with van der Waals surface area (Å²) in [6.07, 6.45) is 3.19. The molecule has 2 unspecified atom stereocenters. The molecule has 0 aliphatic heterocycles. The van der Waals surface area contributed by atoms with Gasteiger partial charge in [-0.05, 0) is 49.8 Å². The van der Waals surface area contributed by atoms with Crippen LogP contribution in [0.15, 0.2) is 24.3 Å². The van der Waals surface area contributed by atoms with Gasteiger partial charge in [-0.15, -0.1) is 0 Å². The summed E-state index contributed by atoms with van der Waals surface area (Å²) in [5.74, 6) is 1.44. The normalized spacial score (nSPS) is 18.4. The lowest BCUT2D eigenvalue weighted by molar-refractivity contribution is 0.145. The van der Waals surface area contributed by atoms with Crippen LogP contribution in [0.5, 0.6) is 5.75 Å². The molecule has 18 heavy (non-hydrogen) atoms. The lowest BCUT2D eigenvalue weighted by atomic mass is 10.1. The average molecular weight is 249 g/mol. The highest BCUT2D eigenvalue weighted by molar-refractivity contribution is 5.27. The summed E-state index contributed by atoms with van der Waals surface area (Å²) >= 11 is 0. The first kappa shape index (κ1) is 13.4. The van der Waals surface area contributed by atoms with Gasteiger partial charge in [-0.1, -0.05) is 12.1 Å². The molecular weight excluding hydrogens is 226 g/mol. The van der Waals surface area contributed by atoms with Crippen molar-refractivity contribution in [2.24, 2.45) is 5.92 Å². The molecule has 1 aliphatic carbocycles. The fraction of sp³-hybridized carbons (Fsp3) is 0.600. The van der Waals surface area contributed by atoms with Crippen molar-refractivity contribution < 1.29 is 9.84 Å². The van der Waals surface area contributed by atoms with Crippen molar-refractivity contribution in [3.05, 3.63) is 29.8 Å². The molecule has 1 aliphatic rings. The van der Waals surface area contributed by atoms with E-state index in [1.807, 2.05) is 12.1 Å². The lowest BCUT2D eigenvalue weighted by Gasteiger charge is -2.17. The van der Waals surface area contributed by atoms with Crippen LogP contribution in [-0.4, -0.2) is 30.9 Å². The molecule has 2 N–H and O–H groups in total. The first-order valence-corrected chi connectivity index (χ1v) is 6.73. The number of aliphatic hydroxyl groups is 1. The SMILES string of the molecule is COc1ccc(CC(C)NCC(O)C2CC2)cc1. The maximum absolute atomic E-state index is 9.79. The first-order valence-electron chi connectivity index (χ1n) is 6.73.